The van der Waals surface area contributed by atoms with Gasteiger partial charge in [-0.15, -0.1) is 0 Å². The maximum absolute atomic E-state index is 13.6. The second-order valence-electron chi connectivity index (χ2n) is 9.07. The van der Waals surface area contributed by atoms with E-state index in [4.69, 9.17) is 5.73 Å². The molecule has 2 heterocycles. The highest BCUT2D eigenvalue weighted by Gasteiger charge is 2.26. The highest BCUT2D eigenvalue weighted by molar-refractivity contribution is 7.92. The first kappa shape index (κ1) is 24.4. The molecule has 0 spiro atoms. The molecule has 0 unspecified atom stereocenters. The van der Waals surface area contributed by atoms with Crippen LogP contribution < -0.4 is 15.8 Å². The summed E-state index contributed by atoms with van der Waals surface area (Å²) in [5.41, 5.74) is 8.20. The highest BCUT2D eigenvalue weighted by Crippen LogP contribution is 2.35. The van der Waals surface area contributed by atoms with Crippen LogP contribution in [-0.2, 0) is 14.8 Å². The maximum Gasteiger partial charge on any atom is 0.261 e. The molecule has 11 heteroatoms. The number of nitrogens with one attached hydrogen (secondary N) is 2. The predicted molar refractivity (Wildman–Crippen MR) is 141 cm³/mol. The zero-order chi connectivity index (χ0) is 26.2. The number of anilines is 3. The molecular formula is C26H26N6O4S. The number of fused-ring (bicyclic) bond motifs is 1. The van der Waals surface area contributed by atoms with Crippen LogP contribution in [0.2, 0.25) is 0 Å². The van der Waals surface area contributed by atoms with Gasteiger partial charge in [-0.2, -0.15) is 0 Å². The Bertz CT molecular complexity index is 1610. The predicted octanol–water partition coefficient (Wildman–Crippen LogP) is 4.12. The number of nitrogens with two attached hydrogens (primary N) is 1. The average Bonchev–Trinajstić information content (AvgIpc) is 3.52. The van der Waals surface area contributed by atoms with E-state index in [1.54, 1.807) is 24.4 Å². The molecule has 0 radical (unpaired) electrons. The number of nitrogens with zero attached hydrogens (tertiary/aromatic N) is 3. The molecule has 0 bridgehead atoms. The number of ketones is 1. The zero-order valence-corrected chi connectivity index (χ0v) is 21.0. The van der Waals surface area contributed by atoms with Crippen molar-refractivity contribution < 1.29 is 18.0 Å². The van der Waals surface area contributed by atoms with Crippen LogP contribution >= 0.6 is 0 Å². The van der Waals surface area contributed by atoms with E-state index in [-0.39, 0.29) is 34.1 Å². The first-order valence-corrected chi connectivity index (χ1v) is 13.4. The Morgan fingerprint density at radius 2 is 1.76 bits per heavy atom. The third-order valence-electron chi connectivity index (χ3n) is 6.46. The van der Waals surface area contributed by atoms with E-state index < -0.39 is 10.0 Å². The Kier molecular flexibility index (Phi) is 6.38. The molecule has 2 aromatic heterocycles. The number of carbonyl (C=O) groups is 2. The number of nitrogen functional groups attached to an aromatic ring is 1. The van der Waals surface area contributed by atoms with E-state index in [1.165, 1.54) is 43.6 Å². The fraction of sp³-hybridized carbons (Fsp3) is 0.231. The molecule has 1 fully saturated rings. The normalized spacial score (nSPS) is 14.1. The second-order valence-corrected chi connectivity index (χ2v) is 10.7. The molecule has 5 rings (SSSR count). The lowest BCUT2D eigenvalue weighted by Crippen LogP contribution is -2.14. The van der Waals surface area contributed by atoms with Gasteiger partial charge in [-0.25, -0.2) is 18.4 Å². The molecule has 0 aliphatic heterocycles. The number of carbonyl (C=O) groups excluding carboxylic acids is 2. The topological polar surface area (TPSA) is 149 Å². The summed E-state index contributed by atoms with van der Waals surface area (Å²) in [4.78, 5) is 33.3. The molecule has 1 amide bonds. The first-order valence-electron chi connectivity index (χ1n) is 11.9. The molecule has 37 heavy (non-hydrogen) atoms. The van der Waals surface area contributed by atoms with Gasteiger partial charge in [-0.05, 0) is 49.2 Å². The Balaban J connectivity index is 1.44. The lowest BCUT2D eigenvalue weighted by molar-refractivity contribution is -0.114. The fourth-order valence-corrected chi connectivity index (χ4v) is 5.81. The highest BCUT2D eigenvalue weighted by atomic mass is 32.2. The minimum absolute atomic E-state index is 0.0166. The Labute approximate surface area is 214 Å². The summed E-state index contributed by atoms with van der Waals surface area (Å²) < 4.78 is 30.4. The van der Waals surface area contributed by atoms with Crippen LogP contribution in [0, 0.1) is 0 Å². The van der Waals surface area contributed by atoms with Crippen LogP contribution in [0.25, 0.3) is 11.0 Å². The van der Waals surface area contributed by atoms with E-state index in [9.17, 15) is 18.0 Å². The van der Waals surface area contributed by atoms with Crippen LogP contribution in [0.15, 0.2) is 66.0 Å². The van der Waals surface area contributed by atoms with Gasteiger partial charge in [-0.1, -0.05) is 25.0 Å². The van der Waals surface area contributed by atoms with Crippen LogP contribution in [0.4, 0.5) is 17.2 Å². The first-order chi connectivity index (χ1) is 17.7. The largest absolute Gasteiger partial charge is 0.383 e. The number of hydrogen-bond acceptors (Lipinski definition) is 7. The number of hydrogen-bond donors (Lipinski definition) is 3. The van der Waals surface area contributed by atoms with E-state index in [2.05, 4.69) is 20.0 Å². The van der Waals surface area contributed by atoms with Gasteiger partial charge < -0.3 is 15.6 Å². The van der Waals surface area contributed by atoms with Crippen molar-refractivity contribution in [1.29, 1.82) is 0 Å². The van der Waals surface area contributed by atoms with Crippen molar-refractivity contribution in [3.63, 3.8) is 0 Å². The number of aromatic nitrogens is 3. The zero-order valence-electron chi connectivity index (χ0n) is 20.1. The van der Waals surface area contributed by atoms with Gasteiger partial charge >= 0.3 is 0 Å². The summed E-state index contributed by atoms with van der Waals surface area (Å²) in [7, 11) is -3.93. The molecule has 1 aliphatic rings. The van der Waals surface area contributed by atoms with E-state index in [1.807, 2.05) is 4.57 Å². The molecule has 0 atom stereocenters. The van der Waals surface area contributed by atoms with Crippen LogP contribution in [-0.4, -0.2) is 34.6 Å². The van der Waals surface area contributed by atoms with Gasteiger partial charge in [0.1, 0.15) is 17.8 Å². The molecule has 190 valence electrons. The van der Waals surface area contributed by atoms with E-state index in [0.717, 1.165) is 25.7 Å². The van der Waals surface area contributed by atoms with Gasteiger partial charge in [0.25, 0.3) is 10.0 Å². The second kappa shape index (κ2) is 9.66. The van der Waals surface area contributed by atoms with Crippen molar-refractivity contribution in [2.75, 3.05) is 15.8 Å². The van der Waals surface area contributed by atoms with Crippen molar-refractivity contribution in [2.24, 2.45) is 0 Å². The Morgan fingerprint density at radius 1 is 1.03 bits per heavy atom. The monoisotopic (exact) mass is 518 g/mol. The van der Waals surface area contributed by atoms with Gasteiger partial charge in [0.05, 0.1) is 15.8 Å². The molecule has 1 saturated carbocycles. The van der Waals surface area contributed by atoms with Crippen LogP contribution in [0.3, 0.4) is 0 Å². The lowest BCUT2D eigenvalue weighted by Gasteiger charge is -2.12. The van der Waals surface area contributed by atoms with Crippen molar-refractivity contribution >= 4 is 49.9 Å². The number of sulfonamides is 1. The van der Waals surface area contributed by atoms with Crippen LogP contribution in [0.1, 0.15) is 54.6 Å². The van der Waals surface area contributed by atoms with Crippen LogP contribution in [0.5, 0.6) is 0 Å². The Hall–Kier alpha value is -4.25. The van der Waals surface area contributed by atoms with Crippen molar-refractivity contribution in [1.82, 2.24) is 14.5 Å². The van der Waals surface area contributed by atoms with Crippen molar-refractivity contribution in [3.8, 4) is 0 Å². The van der Waals surface area contributed by atoms with Crippen molar-refractivity contribution in [3.05, 3.63) is 72.2 Å². The number of rotatable bonds is 7. The minimum Gasteiger partial charge on any atom is -0.383 e. The third-order valence-corrected chi connectivity index (χ3v) is 7.86. The minimum atomic E-state index is -3.93. The van der Waals surface area contributed by atoms with Gasteiger partial charge in [-0.3, -0.25) is 14.3 Å². The molecule has 10 nitrogen and oxygen atoms in total. The summed E-state index contributed by atoms with van der Waals surface area (Å²) in [5, 5.41) is 3.10. The lowest BCUT2D eigenvalue weighted by atomic mass is 10.0. The standard InChI is InChI=1S/C26H26N6O4S/c1-16(33)30-18-9-11-21(12-10-18)37(35,36)31-19-6-4-5-17(13-19)24(34)22-14-32(20-7-2-3-8-20)26-23(22)25(27)28-15-29-26/h4-6,9-15,20,31H,2-3,7-8H2,1H3,(H,30,33)(H2,27,28,29). The summed E-state index contributed by atoms with van der Waals surface area (Å²) in [6.07, 6.45) is 7.43. The molecule has 4 aromatic rings. The molecular weight excluding hydrogens is 492 g/mol. The average molecular weight is 519 g/mol. The van der Waals surface area contributed by atoms with Crippen molar-refractivity contribution in [2.45, 2.75) is 43.5 Å². The number of amides is 1. The smallest absolute Gasteiger partial charge is 0.261 e. The van der Waals surface area contributed by atoms with Gasteiger partial charge in [0.15, 0.2) is 5.78 Å². The maximum atomic E-state index is 13.6. The Morgan fingerprint density at radius 3 is 2.46 bits per heavy atom. The SMILES string of the molecule is CC(=O)Nc1ccc(S(=O)(=O)Nc2cccc(C(=O)c3cn(C4CCCC4)c4ncnc(N)c34)c2)cc1. The van der Waals surface area contributed by atoms with E-state index in [0.29, 0.717) is 27.8 Å². The summed E-state index contributed by atoms with van der Waals surface area (Å²) in [5.74, 6) is -0.330. The van der Waals surface area contributed by atoms with E-state index >= 15 is 0 Å². The number of benzene rings is 2. The summed E-state index contributed by atoms with van der Waals surface area (Å²) in [6.45, 7) is 1.37. The molecule has 1 aliphatic carbocycles. The molecule has 4 N–H and O–H groups in total. The third kappa shape index (κ3) is 4.90. The summed E-state index contributed by atoms with van der Waals surface area (Å²) >= 11 is 0. The molecule has 2 aromatic carbocycles. The quantitative estimate of drug-likeness (QED) is 0.312. The van der Waals surface area contributed by atoms with Gasteiger partial charge in [0.2, 0.25) is 5.91 Å². The van der Waals surface area contributed by atoms with Gasteiger partial charge in [0, 0.05) is 36.1 Å². The fourth-order valence-electron chi connectivity index (χ4n) is 4.76. The molecule has 0 saturated heterocycles. The summed E-state index contributed by atoms with van der Waals surface area (Å²) in [6, 6.07) is 12.3.